The highest BCUT2D eigenvalue weighted by molar-refractivity contribution is 7.99. The molecule has 2 heterocycles. The molecular formula is C18H23N5OS. The van der Waals surface area contributed by atoms with Gasteiger partial charge in [-0.25, -0.2) is 4.98 Å². The van der Waals surface area contributed by atoms with Gasteiger partial charge in [0.2, 0.25) is 11.1 Å². The zero-order chi connectivity index (χ0) is 17.8. The van der Waals surface area contributed by atoms with Gasteiger partial charge in [0.1, 0.15) is 5.52 Å². The first kappa shape index (κ1) is 17.7. The van der Waals surface area contributed by atoms with E-state index in [1.54, 1.807) is 0 Å². The van der Waals surface area contributed by atoms with Crippen LogP contribution in [-0.2, 0) is 4.79 Å². The summed E-state index contributed by atoms with van der Waals surface area (Å²) in [6.45, 7) is 6.42. The minimum Gasteiger partial charge on any atom is -0.353 e. The van der Waals surface area contributed by atoms with Crippen LogP contribution in [0.2, 0.25) is 0 Å². The number of aromatic amines is 1. The smallest absolute Gasteiger partial charge is 0.230 e. The Morgan fingerprint density at radius 1 is 1.20 bits per heavy atom. The lowest BCUT2D eigenvalue weighted by molar-refractivity contribution is -0.119. The van der Waals surface area contributed by atoms with Crippen molar-refractivity contribution in [1.82, 2.24) is 25.5 Å². The largest absolute Gasteiger partial charge is 0.353 e. The van der Waals surface area contributed by atoms with Crippen LogP contribution in [-0.4, -0.2) is 37.9 Å². The molecule has 0 aliphatic carbocycles. The number of hydrogen-bond donors (Lipinski definition) is 2. The second kappa shape index (κ2) is 7.82. The number of para-hydroxylation sites is 1. The van der Waals surface area contributed by atoms with Crippen LogP contribution in [0.15, 0.2) is 29.4 Å². The Bertz CT molecular complexity index is 876. The van der Waals surface area contributed by atoms with Crippen LogP contribution < -0.4 is 5.32 Å². The molecule has 1 amide bonds. The summed E-state index contributed by atoms with van der Waals surface area (Å²) < 4.78 is 0. The molecule has 0 fully saturated rings. The van der Waals surface area contributed by atoms with E-state index >= 15 is 0 Å². The Labute approximate surface area is 151 Å². The van der Waals surface area contributed by atoms with Gasteiger partial charge in [0.15, 0.2) is 5.65 Å². The lowest BCUT2D eigenvalue weighted by Crippen LogP contribution is -2.34. The summed E-state index contributed by atoms with van der Waals surface area (Å²) in [5.74, 6) is 0.942. The molecule has 0 aliphatic heterocycles. The molecule has 0 spiro atoms. The molecule has 2 N–H and O–H groups in total. The number of nitrogens with one attached hydrogen (secondary N) is 2. The molecule has 0 saturated carbocycles. The Morgan fingerprint density at radius 2 is 2.00 bits per heavy atom. The molecule has 0 bridgehead atoms. The van der Waals surface area contributed by atoms with Crippen molar-refractivity contribution >= 4 is 39.7 Å². The quantitative estimate of drug-likeness (QED) is 0.632. The standard InChI is InChI=1S/C18H23N5OS/c1-11(2)8-9-12(3)19-15(24)10-25-18-21-17-16(22-23-18)13-6-4-5-7-14(13)20-17/h4-7,11-12H,8-10H2,1-3H3,(H,19,24)(H,20,21,23)/t12-/m1/s1. The minimum atomic E-state index is 0.00148. The summed E-state index contributed by atoms with van der Waals surface area (Å²) >= 11 is 1.30. The number of amides is 1. The molecule has 0 unspecified atom stereocenters. The van der Waals surface area contributed by atoms with Crippen LogP contribution in [0, 0.1) is 5.92 Å². The van der Waals surface area contributed by atoms with Crippen molar-refractivity contribution in [2.45, 2.75) is 44.8 Å². The van der Waals surface area contributed by atoms with Crippen molar-refractivity contribution in [3.8, 4) is 0 Å². The number of hydrogen-bond acceptors (Lipinski definition) is 5. The second-order valence-corrected chi connectivity index (χ2v) is 7.63. The molecule has 2 aromatic heterocycles. The predicted molar refractivity (Wildman–Crippen MR) is 102 cm³/mol. The molecule has 3 rings (SSSR count). The molecule has 0 radical (unpaired) electrons. The van der Waals surface area contributed by atoms with Gasteiger partial charge >= 0.3 is 0 Å². The van der Waals surface area contributed by atoms with E-state index in [0.717, 1.165) is 29.3 Å². The van der Waals surface area contributed by atoms with Gasteiger partial charge in [0, 0.05) is 16.9 Å². The SMILES string of the molecule is CC(C)CC[C@@H](C)NC(=O)CSc1nnc2c(n1)[nH]c1ccccc12. The van der Waals surface area contributed by atoms with Gasteiger partial charge in [-0.3, -0.25) is 4.79 Å². The van der Waals surface area contributed by atoms with E-state index in [1.807, 2.05) is 31.2 Å². The summed E-state index contributed by atoms with van der Waals surface area (Å²) in [7, 11) is 0. The predicted octanol–water partition coefficient (Wildman–Crippen LogP) is 3.54. The monoisotopic (exact) mass is 357 g/mol. The van der Waals surface area contributed by atoms with E-state index in [1.165, 1.54) is 11.8 Å². The fraction of sp³-hybridized carbons (Fsp3) is 0.444. The van der Waals surface area contributed by atoms with Crippen LogP contribution in [0.1, 0.15) is 33.6 Å². The Balaban J connectivity index is 1.59. The van der Waals surface area contributed by atoms with Crippen molar-refractivity contribution in [2.75, 3.05) is 5.75 Å². The van der Waals surface area contributed by atoms with Crippen molar-refractivity contribution in [3.05, 3.63) is 24.3 Å². The fourth-order valence-corrected chi connectivity index (χ4v) is 3.27. The summed E-state index contributed by atoms with van der Waals surface area (Å²) in [6.07, 6.45) is 2.10. The molecular weight excluding hydrogens is 334 g/mol. The lowest BCUT2D eigenvalue weighted by Gasteiger charge is -2.14. The van der Waals surface area contributed by atoms with Crippen molar-refractivity contribution in [2.24, 2.45) is 5.92 Å². The Kier molecular flexibility index (Phi) is 5.53. The maximum Gasteiger partial charge on any atom is 0.230 e. The van der Waals surface area contributed by atoms with Gasteiger partial charge in [-0.1, -0.05) is 43.8 Å². The van der Waals surface area contributed by atoms with Gasteiger partial charge < -0.3 is 10.3 Å². The van der Waals surface area contributed by atoms with E-state index < -0.39 is 0 Å². The normalized spacial score (nSPS) is 12.8. The lowest BCUT2D eigenvalue weighted by atomic mass is 10.0. The van der Waals surface area contributed by atoms with E-state index in [-0.39, 0.29) is 11.9 Å². The highest BCUT2D eigenvalue weighted by Gasteiger charge is 2.12. The van der Waals surface area contributed by atoms with Gasteiger partial charge in [-0.2, -0.15) is 0 Å². The van der Waals surface area contributed by atoms with Crippen LogP contribution in [0.25, 0.3) is 22.1 Å². The van der Waals surface area contributed by atoms with Crippen LogP contribution >= 0.6 is 11.8 Å². The first-order chi connectivity index (χ1) is 12.0. The number of H-pyrrole nitrogens is 1. The molecule has 25 heavy (non-hydrogen) atoms. The molecule has 1 aromatic carbocycles. The maximum absolute atomic E-state index is 12.1. The van der Waals surface area contributed by atoms with E-state index in [2.05, 4.69) is 39.3 Å². The number of fused-ring (bicyclic) bond motifs is 3. The zero-order valence-corrected chi connectivity index (χ0v) is 15.6. The highest BCUT2D eigenvalue weighted by atomic mass is 32.2. The van der Waals surface area contributed by atoms with Gasteiger partial charge in [0.25, 0.3) is 0 Å². The summed E-state index contributed by atoms with van der Waals surface area (Å²) in [6, 6.07) is 8.09. The average Bonchev–Trinajstić information content (AvgIpc) is 2.96. The summed E-state index contributed by atoms with van der Waals surface area (Å²) in [5.41, 5.74) is 2.44. The van der Waals surface area contributed by atoms with Crippen LogP contribution in [0.5, 0.6) is 0 Å². The number of aromatic nitrogens is 4. The number of carbonyl (C=O) groups excluding carboxylic acids is 1. The third-order valence-corrected chi connectivity index (χ3v) is 4.86. The molecule has 3 aromatic rings. The first-order valence-corrected chi connectivity index (χ1v) is 9.55. The van der Waals surface area contributed by atoms with Crippen molar-refractivity contribution in [1.29, 1.82) is 0 Å². The summed E-state index contributed by atoms with van der Waals surface area (Å²) in [5, 5.41) is 12.9. The number of thioether (sulfide) groups is 1. The molecule has 0 aliphatic rings. The second-order valence-electron chi connectivity index (χ2n) is 6.69. The van der Waals surface area contributed by atoms with Gasteiger partial charge in [0.05, 0.1) is 5.75 Å². The van der Waals surface area contributed by atoms with Gasteiger partial charge in [-0.05, 0) is 31.7 Å². The zero-order valence-electron chi connectivity index (χ0n) is 14.7. The Morgan fingerprint density at radius 3 is 2.80 bits per heavy atom. The highest BCUT2D eigenvalue weighted by Crippen LogP contribution is 2.23. The van der Waals surface area contributed by atoms with Crippen LogP contribution in [0.3, 0.4) is 0 Å². The first-order valence-electron chi connectivity index (χ1n) is 8.56. The van der Waals surface area contributed by atoms with Crippen molar-refractivity contribution < 1.29 is 4.79 Å². The number of rotatable bonds is 7. The molecule has 7 heteroatoms. The molecule has 1 atom stereocenters. The third kappa shape index (κ3) is 4.48. The Hall–Kier alpha value is -2.15. The summed E-state index contributed by atoms with van der Waals surface area (Å²) in [4.78, 5) is 19.8. The molecule has 6 nitrogen and oxygen atoms in total. The number of nitrogens with zero attached hydrogens (tertiary/aromatic N) is 3. The van der Waals surface area contributed by atoms with E-state index in [0.29, 0.717) is 22.5 Å². The number of benzene rings is 1. The van der Waals surface area contributed by atoms with E-state index in [4.69, 9.17) is 0 Å². The number of carbonyl (C=O) groups is 1. The average molecular weight is 357 g/mol. The molecule has 0 saturated heterocycles. The van der Waals surface area contributed by atoms with Gasteiger partial charge in [-0.15, -0.1) is 10.2 Å². The maximum atomic E-state index is 12.1. The van der Waals surface area contributed by atoms with Crippen molar-refractivity contribution in [3.63, 3.8) is 0 Å². The fourth-order valence-electron chi connectivity index (χ4n) is 2.67. The third-order valence-electron chi connectivity index (χ3n) is 4.02. The van der Waals surface area contributed by atoms with Crippen LogP contribution in [0.4, 0.5) is 0 Å². The minimum absolute atomic E-state index is 0.00148. The van der Waals surface area contributed by atoms with E-state index in [9.17, 15) is 4.79 Å². The molecule has 132 valence electrons. The topological polar surface area (TPSA) is 83.6 Å².